The molecular weight excluding hydrogens is 347 g/mol. The van der Waals surface area contributed by atoms with Crippen LogP contribution in [0.5, 0.6) is 5.75 Å². The van der Waals surface area contributed by atoms with E-state index in [0.717, 1.165) is 43.3 Å². The fraction of sp³-hybridized carbons (Fsp3) is 0.333. The maximum Gasteiger partial charge on any atom is 0.123 e. The van der Waals surface area contributed by atoms with Gasteiger partial charge in [0.1, 0.15) is 5.75 Å². The number of methoxy groups -OCH3 is 1. The number of morpholine rings is 1. The van der Waals surface area contributed by atoms with Gasteiger partial charge >= 0.3 is 0 Å². The fourth-order valence-corrected chi connectivity index (χ4v) is 2.89. The molecule has 1 aliphatic heterocycles. The van der Waals surface area contributed by atoms with Crippen molar-refractivity contribution in [3.8, 4) is 5.75 Å². The molecule has 6 heteroatoms. The molecular formula is C18H22Cl2N2O2. The quantitative estimate of drug-likeness (QED) is 0.856. The van der Waals surface area contributed by atoms with Gasteiger partial charge in [0.2, 0.25) is 0 Å². The minimum Gasteiger partial charge on any atom is -0.496 e. The summed E-state index contributed by atoms with van der Waals surface area (Å²) >= 11 is 6.06. The smallest absolute Gasteiger partial charge is 0.123 e. The second-order valence-corrected chi connectivity index (χ2v) is 5.89. The van der Waals surface area contributed by atoms with Crippen molar-refractivity contribution < 1.29 is 9.47 Å². The number of nitrogens with zero attached hydrogens (tertiary/aromatic N) is 1. The third-order valence-corrected chi connectivity index (χ3v) is 4.20. The number of ether oxygens (including phenoxy) is 2. The molecule has 4 nitrogen and oxygen atoms in total. The minimum atomic E-state index is 0. The van der Waals surface area contributed by atoms with Crippen LogP contribution in [-0.2, 0) is 11.3 Å². The zero-order valence-corrected chi connectivity index (χ0v) is 15.2. The Morgan fingerprint density at radius 3 is 2.50 bits per heavy atom. The van der Waals surface area contributed by atoms with E-state index in [9.17, 15) is 0 Å². The molecule has 0 spiro atoms. The Morgan fingerprint density at radius 2 is 1.83 bits per heavy atom. The van der Waals surface area contributed by atoms with Gasteiger partial charge < -0.3 is 19.7 Å². The molecule has 1 N–H and O–H groups in total. The van der Waals surface area contributed by atoms with Crippen LogP contribution in [0.4, 0.5) is 11.4 Å². The van der Waals surface area contributed by atoms with Gasteiger partial charge in [0.05, 0.1) is 20.3 Å². The van der Waals surface area contributed by atoms with Crippen molar-refractivity contribution in [3.05, 3.63) is 53.1 Å². The van der Waals surface area contributed by atoms with E-state index in [1.807, 2.05) is 18.2 Å². The first kappa shape index (κ1) is 18.7. The van der Waals surface area contributed by atoms with Crippen LogP contribution < -0.4 is 15.0 Å². The van der Waals surface area contributed by atoms with E-state index in [1.165, 1.54) is 5.69 Å². The number of nitrogens with one attached hydrogen (secondary N) is 1. The molecule has 1 saturated heterocycles. The van der Waals surface area contributed by atoms with E-state index in [-0.39, 0.29) is 12.4 Å². The van der Waals surface area contributed by atoms with E-state index >= 15 is 0 Å². The molecule has 0 unspecified atom stereocenters. The van der Waals surface area contributed by atoms with Gasteiger partial charge in [-0.25, -0.2) is 0 Å². The molecule has 0 saturated carbocycles. The van der Waals surface area contributed by atoms with Gasteiger partial charge in [-0.15, -0.1) is 12.4 Å². The van der Waals surface area contributed by atoms with E-state index < -0.39 is 0 Å². The number of hydrogen-bond donors (Lipinski definition) is 1. The van der Waals surface area contributed by atoms with Crippen LogP contribution in [0.1, 0.15) is 5.56 Å². The molecule has 2 aromatic rings. The highest BCUT2D eigenvalue weighted by Gasteiger charge is 2.10. The number of anilines is 2. The topological polar surface area (TPSA) is 33.7 Å². The lowest BCUT2D eigenvalue weighted by Gasteiger charge is -2.29. The van der Waals surface area contributed by atoms with Crippen molar-refractivity contribution in [2.45, 2.75) is 6.54 Å². The molecule has 1 fully saturated rings. The van der Waals surface area contributed by atoms with Crippen LogP contribution in [0.2, 0.25) is 5.02 Å². The maximum absolute atomic E-state index is 6.06. The summed E-state index contributed by atoms with van der Waals surface area (Å²) in [5.41, 5.74) is 3.35. The van der Waals surface area contributed by atoms with Crippen molar-refractivity contribution in [3.63, 3.8) is 0 Å². The molecule has 0 aliphatic carbocycles. The Hall–Kier alpha value is -1.62. The Morgan fingerprint density at radius 1 is 1.12 bits per heavy atom. The van der Waals surface area contributed by atoms with Crippen LogP contribution in [0.25, 0.3) is 0 Å². The summed E-state index contributed by atoms with van der Waals surface area (Å²) in [6.45, 7) is 4.17. The third kappa shape index (κ3) is 4.69. The molecule has 130 valence electrons. The number of hydrogen-bond acceptors (Lipinski definition) is 4. The minimum absolute atomic E-state index is 0. The van der Waals surface area contributed by atoms with Gasteiger partial charge in [-0.1, -0.05) is 11.6 Å². The third-order valence-electron chi connectivity index (χ3n) is 3.97. The lowest BCUT2D eigenvalue weighted by molar-refractivity contribution is 0.122. The fourth-order valence-electron chi connectivity index (χ4n) is 2.69. The molecule has 1 aliphatic rings. The monoisotopic (exact) mass is 368 g/mol. The lowest BCUT2D eigenvalue weighted by Crippen LogP contribution is -2.36. The van der Waals surface area contributed by atoms with Gasteiger partial charge in [0, 0.05) is 41.6 Å². The zero-order chi connectivity index (χ0) is 16.1. The number of halogens is 2. The molecule has 3 rings (SSSR count). The molecule has 0 amide bonds. The first-order chi connectivity index (χ1) is 11.3. The van der Waals surface area contributed by atoms with Crippen molar-refractivity contribution in [2.75, 3.05) is 43.6 Å². The predicted octanol–water partition coefficient (Wildman–Crippen LogP) is 4.22. The average molecular weight is 369 g/mol. The maximum atomic E-state index is 6.06. The molecule has 24 heavy (non-hydrogen) atoms. The first-order valence-electron chi connectivity index (χ1n) is 7.75. The summed E-state index contributed by atoms with van der Waals surface area (Å²) in [7, 11) is 1.67. The van der Waals surface area contributed by atoms with Crippen LogP contribution in [0.15, 0.2) is 42.5 Å². The normalized spacial score (nSPS) is 14.0. The largest absolute Gasteiger partial charge is 0.496 e. The van der Waals surface area contributed by atoms with E-state index in [2.05, 4.69) is 34.5 Å². The molecule has 0 radical (unpaired) electrons. The Bertz CT molecular complexity index is 644. The molecule has 0 atom stereocenters. The van der Waals surface area contributed by atoms with Crippen LogP contribution in [0, 0.1) is 0 Å². The van der Waals surface area contributed by atoms with E-state index in [4.69, 9.17) is 21.1 Å². The summed E-state index contributed by atoms with van der Waals surface area (Å²) in [6, 6.07) is 14.1. The average Bonchev–Trinajstić information content (AvgIpc) is 2.61. The summed E-state index contributed by atoms with van der Waals surface area (Å²) in [5.74, 6) is 0.840. The molecule has 0 aromatic heterocycles. The van der Waals surface area contributed by atoms with Crippen molar-refractivity contribution in [1.82, 2.24) is 0 Å². The van der Waals surface area contributed by atoms with Crippen molar-refractivity contribution >= 4 is 35.4 Å². The summed E-state index contributed by atoms with van der Waals surface area (Å²) in [5, 5.41) is 4.12. The summed E-state index contributed by atoms with van der Waals surface area (Å²) in [6.07, 6.45) is 0. The second kappa shape index (κ2) is 9.02. The summed E-state index contributed by atoms with van der Waals surface area (Å²) in [4.78, 5) is 2.34. The first-order valence-corrected chi connectivity index (χ1v) is 8.13. The SMILES string of the molecule is COc1ccc(Cl)cc1CNc1ccc(N2CCOCC2)cc1.Cl. The Kier molecular flexibility index (Phi) is 7.03. The Labute approximate surface area is 154 Å². The molecule has 1 heterocycles. The second-order valence-electron chi connectivity index (χ2n) is 5.46. The van der Waals surface area contributed by atoms with Crippen LogP contribution in [-0.4, -0.2) is 33.4 Å². The standard InChI is InChI=1S/C18H21ClN2O2.ClH/c1-22-18-7-2-15(19)12-14(18)13-20-16-3-5-17(6-4-16)21-8-10-23-11-9-21;/h2-7,12,20H,8-11,13H2,1H3;1H. The van der Waals surface area contributed by atoms with Gasteiger partial charge in [-0.3, -0.25) is 0 Å². The predicted molar refractivity (Wildman–Crippen MR) is 102 cm³/mol. The highest BCUT2D eigenvalue weighted by atomic mass is 35.5. The highest BCUT2D eigenvalue weighted by molar-refractivity contribution is 6.30. The number of rotatable bonds is 5. The van der Waals surface area contributed by atoms with Crippen LogP contribution in [0.3, 0.4) is 0 Å². The van der Waals surface area contributed by atoms with Crippen molar-refractivity contribution in [2.24, 2.45) is 0 Å². The number of benzene rings is 2. The van der Waals surface area contributed by atoms with Gasteiger partial charge in [0.15, 0.2) is 0 Å². The lowest BCUT2D eigenvalue weighted by atomic mass is 10.2. The highest BCUT2D eigenvalue weighted by Crippen LogP contribution is 2.24. The van der Waals surface area contributed by atoms with E-state index in [0.29, 0.717) is 11.6 Å². The van der Waals surface area contributed by atoms with Gasteiger partial charge in [-0.05, 0) is 42.5 Å². The van der Waals surface area contributed by atoms with Crippen LogP contribution >= 0.6 is 24.0 Å². The zero-order valence-electron chi connectivity index (χ0n) is 13.6. The molecule has 2 aromatic carbocycles. The summed E-state index contributed by atoms with van der Waals surface area (Å²) < 4.78 is 10.8. The van der Waals surface area contributed by atoms with Crippen molar-refractivity contribution in [1.29, 1.82) is 0 Å². The van der Waals surface area contributed by atoms with Gasteiger partial charge in [-0.2, -0.15) is 0 Å². The Balaban J connectivity index is 0.00000208. The van der Waals surface area contributed by atoms with E-state index in [1.54, 1.807) is 7.11 Å². The van der Waals surface area contributed by atoms with Gasteiger partial charge in [0.25, 0.3) is 0 Å². The molecule has 0 bridgehead atoms.